The molecule has 30 heavy (non-hydrogen) atoms. The van der Waals surface area contributed by atoms with Crippen molar-refractivity contribution in [2.24, 2.45) is 0 Å². The Kier molecular flexibility index (Phi) is 4.91. The Balaban J connectivity index is 1.66. The molecule has 0 saturated carbocycles. The molecule has 0 saturated heterocycles. The maximum atomic E-state index is 13.0. The van der Waals surface area contributed by atoms with Gasteiger partial charge in [0.2, 0.25) is 0 Å². The van der Waals surface area contributed by atoms with Crippen LogP contribution in [0.25, 0.3) is 22.4 Å². The molecule has 1 aromatic carbocycles. The molecule has 4 aromatic rings. The Labute approximate surface area is 170 Å². The number of aromatic nitrogens is 2. The normalized spacial score (nSPS) is 11.1. The number of esters is 1. The molecule has 0 fully saturated rings. The summed E-state index contributed by atoms with van der Waals surface area (Å²) in [5, 5.41) is 4.29. The van der Waals surface area contributed by atoms with Crippen molar-refractivity contribution in [3.8, 4) is 11.3 Å². The van der Waals surface area contributed by atoms with Crippen molar-refractivity contribution in [3.05, 3.63) is 70.6 Å². The van der Waals surface area contributed by atoms with E-state index >= 15 is 0 Å². The number of pyridine rings is 1. The predicted molar refractivity (Wildman–Crippen MR) is 105 cm³/mol. The minimum Gasteiger partial charge on any atom is -0.466 e. The van der Waals surface area contributed by atoms with E-state index < -0.39 is 24.2 Å². The summed E-state index contributed by atoms with van der Waals surface area (Å²) in [5.41, 5.74) is 2.25. The quantitative estimate of drug-likeness (QED) is 0.352. The van der Waals surface area contributed by atoms with Crippen molar-refractivity contribution in [3.63, 3.8) is 0 Å². The van der Waals surface area contributed by atoms with Crippen LogP contribution in [-0.4, -0.2) is 28.5 Å². The number of hydrogen-bond acceptors (Lipinski definition) is 7. The molecule has 8 heteroatoms. The number of ketones is 1. The highest BCUT2D eigenvalue weighted by molar-refractivity contribution is 6.06. The third-order valence-corrected chi connectivity index (χ3v) is 4.65. The van der Waals surface area contributed by atoms with E-state index in [1.54, 1.807) is 26.0 Å². The van der Waals surface area contributed by atoms with Gasteiger partial charge in [0.1, 0.15) is 17.3 Å². The van der Waals surface area contributed by atoms with Gasteiger partial charge in [-0.2, -0.15) is 0 Å². The Morgan fingerprint density at radius 1 is 1.10 bits per heavy atom. The molecule has 0 aliphatic carbocycles. The highest BCUT2D eigenvalue weighted by atomic mass is 19.1. The first-order chi connectivity index (χ1) is 14.3. The van der Waals surface area contributed by atoms with Crippen molar-refractivity contribution in [1.82, 2.24) is 10.1 Å². The molecule has 0 unspecified atom stereocenters. The van der Waals surface area contributed by atoms with Crippen LogP contribution in [0.1, 0.15) is 37.9 Å². The maximum Gasteiger partial charge on any atom is 0.339 e. The van der Waals surface area contributed by atoms with Gasteiger partial charge in [0, 0.05) is 11.1 Å². The summed E-state index contributed by atoms with van der Waals surface area (Å²) < 4.78 is 29.1. The van der Waals surface area contributed by atoms with Gasteiger partial charge < -0.3 is 13.7 Å². The molecule has 0 spiro atoms. The van der Waals surface area contributed by atoms with E-state index in [2.05, 4.69) is 10.1 Å². The summed E-state index contributed by atoms with van der Waals surface area (Å²) in [6.45, 7) is 4.79. The highest BCUT2D eigenvalue weighted by Gasteiger charge is 2.22. The van der Waals surface area contributed by atoms with Gasteiger partial charge in [-0.25, -0.2) is 14.2 Å². The summed E-state index contributed by atoms with van der Waals surface area (Å²) >= 11 is 0. The first-order valence-electron chi connectivity index (χ1n) is 9.14. The molecule has 3 aromatic heterocycles. The molecule has 0 amide bonds. The number of ether oxygens (including phenoxy) is 1. The van der Waals surface area contributed by atoms with Gasteiger partial charge in [-0.15, -0.1) is 0 Å². The number of fused-ring (bicyclic) bond motifs is 1. The van der Waals surface area contributed by atoms with E-state index in [9.17, 15) is 14.0 Å². The lowest BCUT2D eigenvalue weighted by Crippen LogP contribution is -2.15. The van der Waals surface area contributed by atoms with Crippen LogP contribution < -0.4 is 0 Å². The van der Waals surface area contributed by atoms with Gasteiger partial charge in [0.15, 0.2) is 12.4 Å². The van der Waals surface area contributed by atoms with Gasteiger partial charge in [0.05, 0.1) is 22.3 Å². The summed E-state index contributed by atoms with van der Waals surface area (Å²) in [4.78, 5) is 29.5. The van der Waals surface area contributed by atoms with Crippen molar-refractivity contribution in [1.29, 1.82) is 0 Å². The third kappa shape index (κ3) is 3.59. The summed E-state index contributed by atoms with van der Waals surface area (Å²) in [7, 11) is 0. The number of furan rings is 1. The molecule has 7 nitrogen and oxygen atoms in total. The lowest BCUT2D eigenvalue weighted by molar-refractivity contribution is 0.0476. The molecule has 3 heterocycles. The average molecular weight is 408 g/mol. The summed E-state index contributed by atoms with van der Waals surface area (Å²) in [6.07, 6.45) is 0. The van der Waals surface area contributed by atoms with Crippen LogP contribution in [0, 0.1) is 26.6 Å². The van der Waals surface area contributed by atoms with Gasteiger partial charge in [0.25, 0.3) is 5.71 Å². The van der Waals surface area contributed by atoms with Crippen molar-refractivity contribution in [2.75, 3.05) is 6.61 Å². The number of nitrogens with zero attached hydrogens (tertiary/aromatic N) is 2. The number of rotatable bonds is 5. The molecule has 0 aliphatic heterocycles. The fraction of sp³-hybridized carbons (Fsp3) is 0.182. The number of Topliss-reactive ketones (excluding diaryl/α,β-unsaturated/α-hetero) is 1. The van der Waals surface area contributed by atoms with Gasteiger partial charge >= 0.3 is 5.97 Å². The first kappa shape index (κ1) is 19.5. The van der Waals surface area contributed by atoms with Gasteiger partial charge in [-0.05, 0) is 57.2 Å². The molecule has 4 rings (SSSR count). The van der Waals surface area contributed by atoms with E-state index in [1.165, 1.54) is 24.3 Å². The Hall–Kier alpha value is -3.81. The van der Waals surface area contributed by atoms with E-state index in [-0.39, 0.29) is 16.8 Å². The van der Waals surface area contributed by atoms with Crippen LogP contribution >= 0.6 is 0 Å². The van der Waals surface area contributed by atoms with E-state index in [1.807, 2.05) is 6.92 Å². The van der Waals surface area contributed by atoms with Crippen LogP contribution in [0.4, 0.5) is 4.39 Å². The Bertz CT molecular complexity index is 1270. The Morgan fingerprint density at radius 2 is 1.83 bits per heavy atom. The molecule has 0 bridgehead atoms. The third-order valence-electron chi connectivity index (χ3n) is 4.65. The van der Waals surface area contributed by atoms with Crippen LogP contribution in [0.15, 0.2) is 45.3 Å². The van der Waals surface area contributed by atoms with Crippen molar-refractivity contribution >= 4 is 22.9 Å². The SMILES string of the molecule is Cc1cc(-c2cc(C(=O)OCC(=O)c3ccc(F)cc3)c3c(C)noc3n2)c(C)o1. The minimum absolute atomic E-state index is 0.180. The van der Waals surface area contributed by atoms with Crippen LogP contribution in [-0.2, 0) is 4.74 Å². The first-order valence-corrected chi connectivity index (χ1v) is 9.14. The van der Waals surface area contributed by atoms with Crippen LogP contribution in [0.3, 0.4) is 0 Å². The standard InChI is InChI=1S/C22H17FN2O5/c1-11-8-16(13(3)29-11)18-9-17(20-12(2)25-30-21(20)24-18)22(27)28-10-19(26)14-4-6-15(23)7-5-14/h4-9H,10H2,1-3H3. The van der Waals surface area contributed by atoms with Crippen LogP contribution in [0.5, 0.6) is 0 Å². The van der Waals surface area contributed by atoms with Crippen molar-refractivity contribution < 1.29 is 27.7 Å². The summed E-state index contributed by atoms with van der Waals surface area (Å²) in [6, 6.07) is 8.38. The maximum absolute atomic E-state index is 13.0. The zero-order valence-corrected chi connectivity index (χ0v) is 16.5. The van der Waals surface area contributed by atoms with E-state index in [0.29, 0.717) is 33.9 Å². The molecule has 0 atom stereocenters. The van der Waals surface area contributed by atoms with E-state index in [0.717, 1.165) is 0 Å². The predicted octanol–water partition coefficient (Wildman–Crippen LogP) is 4.59. The average Bonchev–Trinajstić information content (AvgIpc) is 3.27. The molecule has 152 valence electrons. The molecule has 0 radical (unpaired) electrons. The second-order valence-corrected chi connectivity index (χ2v) is 6.84. The fourth-order valence-electron chi connectivity index (χ4n) is 3.21. The molecular formula is C22H17FN2O5. The largest absolute Gasteiger partial charge is 0.466 e. The zero-order chi connectivity index (χ0) is 21.4. The minimum atomic E-state index is -0.719. The number of carbonyl (C=O) groups excluding carboxylic acids is 2. The monoisotopic (exact) mass is 408 g/mol. The zero-order valence-electron chi connectivity index (χ0n) is 16.5. The number of carbonyl (C=O) groups is 2. The van der Waals surface area contributed by atoms with Gasteiger partial charge in [-0.3, -0.25) is 4.79 Å². The summed E-state index contributed by atoms with van der Waals surface area (Å²) in [5.74, 6) is -0.281. The highest BCUT2D eigenvalue weighted by Crippen LogP contribution is 2.30. The van der Waals surface area contributed by atoms with E-state index in [4.69, 9.17) is 13.7 Å². The molecule has 0 aliphatic rings. The number of benzene rings is 1. The second-order valence-electron chi connectivity index (χ2n) is 6.84. The topological polar surface area (TPSA) is 95.4 Å². The number of halogens is 1. The van der Waals surface area contributed by atoms with Crippen molar-refractivity contribution in [2.45, 2.75) is 20.8 Å². The molecule has 0 N–H and O–H groups in total. The lowest BCUT2D eigenvalue weighted by atomic mass is 10.1. The second kappa shape index (κ2) is 7.55. The number of aryl methyl sites for hydroxylation is 3. The van der Waals surface area contributed by atoms with Crippen LogP contribution in [0.2, 0.25) is 0 Å². The Morgan fingerprint density at radius 3 is 2.50 bits per heavy atom. The number of hydrogen-bond donors (Lipinski definition) is 0. The smallest absolute Gasteiger partial charge is 0.339 e. The lowest BCUT2D eigenvalue weighted by Gasteiger charge is -2.07. The van der Waals surface area contributed by atoms with Gasteiger partial charge in [-0.1, -0.05) is 5.16 Å². The fourth-order valence-corrected chi connectivity index (χ4v) is 3.21. The molecular weight excluding hydrogens is 391 g/mol.